The van der Waals surface area contributed by atoms with Crippen LogP contribution in [0.1, 0.15) is 20.7 Å². The first-order chi connectivity index (χ1) is 13.1. The summed E-state index contributed by atoms with van der Waals surface area (Å²) < 4.78 is 1.74. The molecule has 2 aromatic carbocycles. The molecule has 3 N–H and O–H groups in total. The number of imidazole rings is 1. The van der Waals surface area contributed by atoms with Gasteiger partial charge in [0.15, 0.2) is 5.65 Å². The van der Waals surface area contributed by atoms with Crippen molar-refractivity contribution in [1.82, 2.24) is 14.4 Å². The molecular weight excluding hydrogens is 342 g/mol. The third kappa shape index (κ3) is 3.13. The SMILES string of the molecule is NC(=O)c1cccc(-c2nc3cnccn3c2NC(=O)c2ccccc2)c1. The molecule has 0 unspecified atom stereocenters. The highest BCUT2D eigenvalue weighted by Crippen LogP contribution is 2.29. The van der Waals surface area contributed by atoms with E-state index in [-0.39, 0.29) is 5.91 Å². The van der Waals surface area contributed by atoms with E-state index in [0.717, 1.165) is 0 Å². The zero-order chi connectivity index (χ0) is 18.8. The van der Waals surface area contributed by atoms with Gasteiger partial charge in [0.2, 0.25) is 5.91 Å². The number of fused-ring (bicyclic) bond motifs is 1. The Hall–Kier alpha value is -4.00. The number of carbonyl (C=O) groups excluding carboxylic acids is 2. The minimum atomic E-state index is -0.530. The predicted molar refractivity (Wildman–Crippen MR) is 101 cm³/mol. The summed E-state index contributed by atoms with van der Waals surface area (Å²) >= 11 is 0. The van der Waals surface area contributed by atoms with Crippen molar-refractivity contribution in [3.8, 4) is 11.3 Å². The molecule has 27 heavy (non-hydrogen) atoms. The minimum absolute atomic E-state index is 0.262. The Balaban J connectivity index is 1.84. The topological polar surface area (TPSA) is 102 Å². The summed E-state index contributed by atoms with van der Waals surface area (Å²) in [5, 5.41) is 2.91. The number of hydrogen-bond acceptors (Lipinski definition) is 4. The molecule has 0 aliphatic rings. The van der Waals surface area contributed by atoms with Gasteiger partial charge >= 0.3 is 0 Å². The van der Waals surface area contributed by atoms with Gasteiger partial charge in [-0.3, -0.25) is 19.0 Å². The van der Waals surface area contributed by atoms with Crippen molar-refractivity contribution in [2.45, 2.75) is 0 Å². The van der Waals surface area contributed by atoms with Crippen LogP contribution in [0.15, 0.2) is 73.2 Å². The summed E-state index contributed by atoms with van der Waals surface area (Å²) in [6.07, 6.45) is 4.92. The van der Waals surface area contributed by atoms with Crippen LogP contribution in [0.25, 0.3) is 16.9 Å². The molecule has 132 valence electrons. The predicted octanol–water partition coefficient (Wildman–Crippen LogP) is 2.75. The number of anilines is 1. The quantitative estimate of drug-likeness (QED) is 0.586. The van der Waals surface area contributed by atoms with E-state index in [9.17, 15) is 9.59 Å². The zero-order valence-electron chi connectivity index (χ0n) is 14.2. The van der Waals surface area contributed by atoms with Gasteiger partial charge in [-0.25, -0.2) is 4.98 Å². The van der Waals surface area contributed by atoms with E-state index in [4.69, 9.17) is 5.73 Å². The molecule has 4 aromatic rings. The van der Waals surface area contributed by atoms with Crippen molar-refractivity contribution in [3.63, 3.8) is 0 Å². The lowest BCUT2D eigenvalue weighted by Crippen LogP contribution is -2.14. The molecule has 0 bridgehead atoms. The van der Waals surface area contributed by atoms with Crippen LogP contribution >= 0.6 is 0 Å². The van der Waals surface area contributed by atoms with Crippen molar-refractivity contribution in [2.75, 3.05) is 5.32 Å². The maximum absolute atomic E-state index is 12.7. The van der Waals surface area contributed by atoms with Gasteiger partial charge in [-0.05, 0) is 24.3 Å². The molecule has 0 saturated heterocycles. The standard InChI is InChI=1S/C20H15N5O2/c21-18(26)15-8-4-7-14(11-15)17-19(25-10-9-22-12-16(25)23-17)24-20(27)13-5-2-1-3-6-13/h1-12H,(H2,21,26)(H,24,27). The first kappa shape index (κ1) is 16.5. The van der Waals surface area contributed by atoms with Gasteiger partial charge in [0.1, 0.15) is 11.5 Å². The number of nitrogens with one attached hydrogen (secondary N) is 1. The Bertz CT molecular complexity index is 1150. The number of rotatable bonds is 4. The lowest BCUT2D eigenvalue weighted by atomic mass is 10.1. The lowest BCUT2D eigenvalue weighted by molar-refractivity contribution is 0.0997. The first-order valence-corrected chi connectivity index (χ1v) is 8.22. The van der Waals surface area contributed by atoms with Crippen LogP contribution in [0.5, 0.6) is 0 Å². The van der Waals surface area contributed by atoms with E-state index in [1.807, 2.05) is 6.07 Å². The Morgan fingerprint density at radius 2 is 1.78 bits per heavy atom. The van der Waals surface area contributed by atoms with Crippen LogP contribution in [0.4, 0.5) is 5.82 Å². The molecule has 0 spiro atoms. The van der Waals surface area contributed by atoms with Crippen molar-refractivity contribution in [1.29, 1.82) is 0 Å². The molecule has 4 rings (SSSR count). The second-order valence-electron chi connectivity index (χ2n) is 5.88. The first-order valence-electron chi connectivity index (χ1n) is 8.22. The molecule has 0 fully saturated rings. The maximum atomic E-state index is 12.7. The molecule has 0 atom stereocenters. The van der Waals surface area contributed by atoms with Gasteiger partial charge in [-0.15, -0.1) is 0 Å². The van der Waals surface area contributed by atoms with E-state index < -0.39 is 5.91 Å². The van der Waals surface area contributed by atoms with E-state index in [1.165, 1.54) is 0 Å². The molecule has 2 heterocycles. The molecule has 0 aliphatic carbocycles. The second kappa shape index (κ2) is 6.72. The zero-order valence-corrected chi connectivity index (χ0v) is 14.2. The fourth-order valence-corrected chi connectivity index (χ4v) is 2.82. The molecule has 0 saturated carbocycles. The van der Waals surface area contributed by atoms with E-state index in [2.05, 4.69) is 15.3 Å². The average molecular weight is 357 g/mol. The Morgan fingerprint density at radius 1 is 1.00 bits per heavy atom. The van der Waals surface area contributed by atoms with E-state index in [1.54, 1.807) is 71.5 Å². The number of nitrogens with two attached hydrogens (primary N) is 1. The van der Waals surface area contributed by atoms with Crippen molar-refractivity contribution >= 4 is 23.3 Å². The van der Waals surface area contributed by atoms with Gasteiger partial charge in [0, 0.05) is 29.1 Å². The number of primary amides is 1. The number of carbonyl (C=O) groups is 2. The molecule has 0 radical (unpaired) electrons. The summed E-state index contributed by atoms with van der Waals surface area (Å²) in [7, 11) is 0. The summed E-state index contributed by atoms with van der Waals surface area (Å²) in [6.45, 7) is 0. The lowest BCUT2D eigenvalue weighted by Gasteiger charge is -2.08. The Morgan fingerprint density at radius 3 is 2.56 bits per heavy atom. The van der Waals surface area contributed by atoms with Gasteiger partial charge in [-0.1, -0.05) is 30.3 Å². The van der Waals surface area contributed by atoms with Crippen LogP contribution in [0, 0.1) is 0 Å². The second-order valence-corrected chi connectivity index (χ2v) is 5.88. The van der Waals surface area contributed by atoms with Crippen molar-refractivity contribution in [2.24, 2.45) is 5.73 Å². The number of aromatic nitrogens is 3. The normalized spacial score (nSPS) is 10.7. The smallest absolute Gasteiger partial charge is 0.256 e. The molecular formula is C20H15N5O2. The largest absolute Gasteiger partial charge is 0.366 e. The summed E-state index contributed by atoms with van der Waals surface area (Å²) in [4.78, 5) is 32.8. The Kier molecular flexibility index (Phi) is 4.10. The number of benzene rings is 2. The molecule has 2 amide bonds. The number of hydrogen-bond donors (Lipinski definition) is 2. The fourth-order valence-electron chi connectivity index (χ4n) is 2.82. The monoisotopic (exact) mass is 357 g/mol. The third-order valence-electron chi connectivity index (χ3n) is 4.12. The fraction of sp³-hybridized carbons (Fsp3) is 0. The summed E-state index contributed by atoms with van der Waals surface area (Å²) in [5.74, 6) is -0.304. The van der Waals surface area contributed by atoms with Crippen LogP contribution in [0.2, 0.25) is 0 Å². The van der Waals surface area contributed by atoms with Gasteiger partial charge in [0.05, 0.1) is 6.20 Å². The minimum Gasteiger partial charge on any atom is -0.366 e. The van der Waals surface area contributed by atoms with Gasteiger partial charge < -0.3 is 11.1 Å². The van der Waals surface area contributed by atoms with E-state index >= 15 is 0 Å². The van der Waals surface area contributed by atoms with Crippen LogP contribution < -0.4 is 11.1 Å². The summed E-state index contributed by atoms with van der Waals surface area (Å²) in [5.41, 5.74) is 8.03. The summed E-state index contributed by atoms with van der Waals surface area (Å²) in [6, 6.07) is 15.7. The molecule has 0 aliphatic heterocycles. The maximum Gasteiger partial charge on any atom is 0.256 e. The highest BCUT2D eigenvalue weighted by atomic mass is 16.2. The van der Waals surface area contributed by atoms with E-state index in [0.29, 0.717) is 33.8 Å². The number of nitrogens with zero attached hydrogens (tertiary/aromatic N) is 3. The average Bonchev–Trinajstić information content (AvgIpc) is 3.07. The highest BCUT2D eigenvalue weighted by molar-refractivity contribution is 6.06. The van der Waals surface area contributed by atoms with Gasteiger partial charge in [-0.2, -0.15) is 0 Å². The van der Waals surface area contributed by atoms with Crippen LogP contribution in [0.3, 0.4) is 0 Å². The number of amides is 2. The van der Waals surface area contributed by atoms with Crippen LogP contribution in [-0.4, -0.2) is 26.2 Å². The third-order valence-corrected chi connectivity index (χ3v) is 4.12. The van der Waals surface area contributed by atoms with Crippen molar-refractivity contribution < 1.29 is 9.59 Å². The Labute approximate surface area is 154 Å². The molecule has 2 aromatic heterocycles. The van der Waals surface area contributed by atoms with Gasteiger partial charge in [0.25, 0.3) is 5.91 Å². The van der Waals surface area contributed by atoms with Crippen LogP contribution in [-0.2, 0) is 0 Å². The van der Waals surface area contributed by atoms with Crippen molar-refractivity contribution in [3.05, 3.63) is 84.3 Å². The molecule has 7 nitrogen and oxygen atoms in total. The highest BCUT2D eigenvalue weighted by Gasteiger charge is 2.18. The molecule has 7 heteroatoms.